The molecule has 0 saturated heterocycles. The molecule has 0 radical (unpaired) electrons. The molecular weight excluding hydrogens is 382 g/mol. The Labute approximate surface area is 173 Å². The van der Waals surface area contributed by atoms with Crippen LogP contribution in [0.5, 0.6) is 17.2 Å². The van der Waals surface area contributed by atoms with E-state index < -0.39 is 0 Å². The first-order valence-corrected chi connectivity index (χ1v) is 9.40. The Kier molecular flexibility index (Phi) is 5.30. The second kappa shape index (κ2) is 8.21. The number of carbonyl (C=O) groups is 1. The van der Waals surface area contributed by atoms with E-state index in [0.29, 0.717) is 23.6 Å². The van der Waals surface area contributed by atoms with E-state index in [1.54, 1.807) is 50.6 Å². The first-order valence-electron chi connectivity index (χ1n) is 9.40. The molecule has 4 rings (SSSR count). The van der Waals surface area contributed by atoms with E-state index in [-0.39, 0.29) is 17.4 Å². The van der Waals surface area contributed by atoms with Gasteiger partial charge in [-0.15, -0.1) is 0 Å². The van der Waals surface area contributed by atoms with Crippen molar-refractivity contribution in [1.29, 1.82) is 0 Å². The standard InChI is InChI=1S/C24H21NO5/c1-28-18-8-10-22(29-2)16(12-18)13-19-9-11-23(30-19)24(27)25-21-5-3-4-15-6-7-17(26)14-20(15)21/h3-12,14,26H,13H2,1-2H3,(H,25,27). The molecule has 2 N–H and O–H groups in total. The molecule has 3 aromatic carbocycles. The van der Waals surface area contributed by atoms with Crippen LogP contribution < -0.4 is 14.8 Å². The molecule has 0 unspecified atom stereocenters. The average Bonchev–Trinajstić information content (AvgIpc) is 3.23. The lowest BCUT2D eigenvalue weighted by atomic mass is 10.1. The Morgan fingerprint density at radius 3 is 2.67 bits per heavy atom. The summed E-state index contributed by atoms with van der Waals surface area (Å²) in [5.41, 5.74) is 1.49. The highest BCUT2D eigenvalue weighted by Gasteiger charge is 2.15. The van der Waals surface area contributed by atoms with Crippen LogP contribution in [-0.2, 0) is 6.42 Å². The van der Waals surface area contributed by atoms with E-state index in [9.17, 15) is 9.90 Å². The molecule has 1 aromatic heterocycles. The van der Waals surface area contributed by atoms with Crippen LogP contribution in [0.3, 0.4) is 0 Å². The van der Waals surface area contributed by atoms with Crippen molar-refractivity contribution < 1.29 is 23.8 Å². The van der Waals surface area contributed by atoms with Gasteiger partial charge in [0.05, 0.1) is 14.2 Å². The number of anilines is 1. The largest absolute Gasteiger partial charge is 0.508 e. The summed E-state index contributed by atoms with van der Waals surface area (Å²) in [6, 6.07) is 19.5. The maximum atomic E-state index is 12.7. The molecule has 0 spiro atoms. The maximum Gasteiger partial charge on any atom is 0.291 e. The number of hydrogen-bond donors (Lipinski definition) is 2. The van der Waals surface area contributed by atoms with E-state index in [1.165, 1.54) is 0 Å². The molecule has 0 saturated carbocycles. The Balaban J connectivity index is 1.55. The van der Waals surface area contributed by atoms with Crippen LogP contribution in [-0.4, -0.2) is 25.2 Å². The van der Waals surface area contributed by atoms with Crippen molar-refractivity contribution in [2.24, 2.45) is 0 Å². The van der Waals surface area contributed by atoms with Crippen LogP contribution >= 0.6 is 0 Å². The molecule has 152 valence electrons. The van der Waals surface area contributed by atoms with E-state index in [4.69, 9.17) is 13.9 Å². The molecule has 6 nitrogen and oxygen atoms in total. The minimum Gasteiger partial charge on any atom is -0.508 e. The van der Waals surface area contributed by atoms with Gasteiger partial charge >= 0.3 is 0 Å². The molecule has 1 amide bonds. The molecule has 30 heavy (non-hydrogen) atoms. The number of hydrogen-bond acceptors (Lipinski definition) is 5. The third-order valence-electron chi connectivity index (χ3n) is 4.85. The zero-order valence-electron chi connectivity index (χ0n) is 16.6. The monoisotopic (exact) mass is 403 g/mol. The van der Waals surface area contributed by atoms with Crippen molar-refractivity contribution in [2.45, 2.75) is 6.42 Å². The molecule has 0 aliphatic carbocycles. The normalized spacial score (nSPS) is 10.7. The van der Waals surface area contributed by atoms with Gasteiger partial charge in [0.15, 0.2) is 5.76 Å². The third-order valence-corrected chi connectivity index (χ3v) is 4.85. The number of methoxy groups -OCH3 is 2. The van der Waals surface area contributed by atoms with E-state index in [2.05, 4.69) is 5.32 Å². The van der Waals surface area contributed by atoms with Crippen LogP contribution in [0.15, 0.2) is 71.1 Å². The lowest BCUT2D eigenvalue weighted by molar-refractivity contribution is 0.0995. The summed E-state index contributed by atoms with van der Waals surface area (Å²) in [7, 11) is 3.21. The number of phenolic OH excluding ortho intramolecular Hbond substituents is 1. The molecule has 0 bridgehead atoms. The van der Waals surface area contributed by atoms with Gasteiger partial charge in [0.1, 0.15) is 23.0 Å². The zero-order chi connectivity index (χ0) is 21.1. The van der Waals surface area contributed by atoms with Gasteiger partial charge in [-0.25, -0.2) is 0 Å². The quantitative estimate of drug-likeness (QED) is 0.474. The highest BCUT2D eigenvalue weighted by Crippen LogP contribution is 2.29. The first-order chi connectivity index (χ1) is 14.6. The molecule has 0 atom stereocenters. The molecular formula is C24H21NO5. The van der Waals surface area contributed by atoms with E-state index in [0.717, 1.165) is 22.1 Å². The summed E-state index contributed by atoms with van der Waals surface area (Å²) in [6.07, 6.45) is 0.454. The smallest absolute Gasteiger partial charge is 0.291 e. The number of amides is 1. The number of fused-ring (bicyclic) bond motifs is 1. The summed E-state index contributed by atoms with van der Waals surface area (Å²) in [5.74, 6) is 2.03. The van der Waals surface area contributed by atoms with Crippen molar-refractivity contribution in [2.75, 3.05) is 19.5 Å². The van der Waals surface area contributed by atoms with Crippen molar-refractivity contribution in [3.63, 3.8) is 0 Å². The number of phenols is 1. The van der Waals surface area contributed by atoms with Gasteiger partial charge in [0, 0.05) is 23.1 Å². The summed E-state index contributed by atoms with van der Waals surface area (Å²) < 4.78 is 16.5. The molecule has 0 aliphatic rings. The average molecular weight is 403 g/mol. The van der Waals surface area contributed by atoms with Crippen LogP contribution in [0.2, 0.25) is 0 Å². The third kappa shape index (κ3) is 3.93. The summed E-state index contributed by atoms with van der Waals surface area (Å²) in [6.45, 7) is 0. The Hall–Kier alpha value is -3.93. The molecule has 6 heteroatoms. The minimum atomic E-state index is -0.366. The number of rotatable bonds is 6. The van der Waals surface area contributed by atoms with Crippen LogP contribution in [0.25, 0.3) is 10.8 Å². The number of benzene rings is 3. The van der Waals surface area contributed by atoms with Crippen molar-refractivity contribution >= 4 is 22.4 Å². The fourth-order valence-corrected chi connectivity index (χ4v) is 3.36. The SMILES string of the molecule is COc1ccc(OC)c(Cc2ccc(C(=O)Nc3cccc4ccc(O)cc34)o2)c1. The van der Waals surface area contributed by atoms with Gasteiger partial charge in [0.2, 0.25) is 0 Å². The predicted molar refractivity (Wildman–Crippen MR) is 115 cm³/mol. The highest BCUT2D eigenvalue weighted by atomic mass is 16.5. The second-order valence-corrected chi connectivity index (χ2v) is 6.79. The zero-order valence-corrected chi connectivity index (χ0v) is 16.6. The molecule has 0 aliphatic heterocycles. The number of ether oxygens (including phenoxy) is 2. The van der Waals surface area contributed by atoms with Crippen molar-refractivity contribution in [3.8, 4) is 17.2 Å². The lowest BCUT2D eigenvalue weighted by Crippen LogP contribution is -2.11. The van der Waals surface area contributed by atoms with Gasteiger partial charge in [-0.05, 0) is 53.9 Å². The molecule has 0 fully saturated rings. The fourth-order valence-electron chi connectivity index (χ4n) is 3.36. The summed E-state index contributed by atoms with van der Waals surface area (Å²) in [4.78, 5) is 12.7. The van der Waals surface area contributed by atoms with Gasteiger partial charge < -0.3 is 24.3 Å². The fraction of sp³-hybridized carbons (Fsp3) is 0.125. The van der Waals surface area contributed by atoms with Gasteiger partial charge in [0.25, 0.3) is 5.91 Å². The number of furan rings is 1. The van der Waals surface area contributed by atoms with Crippen molar-refractivity contribution in [1.82, 2.24) is 0 Å². The summed E-state index contributed by atoms with van der Waals surface area (Å²) >= 11 is 0. The Morgan fingerprint density at radius 1 is 1.00 bits per heavy atom. The Bertz CT molecular complexity index is 1210. The molecule has 1 heterocycles. The first kappa shape index (κ1) is 19.4. The van der Waals surface area contributed by atoms with Crippen LogP contribution in [0, 0.1) is 0 Å². The minimum absolute atomic E-state index is 0.136. The van der Waals surface area contributed by atoms with E-state index >= 15 is 0 Å². The number of nitrogens with one attached hydrogen (secondary N) is 1. The second-order valence-electron chi connectivity index (χ2n) is 6.79. The van der Waals surface area contributed by atoms with Crippen LogP contribution in [0.4, 0.5) is 5.69 Å². The highest BCUT2D eigenvalue weighted by molar-refractivity contribution is 6.08. The van der Waals surface area contributed by atoms with E-state index in [1.807, 2.05) is 30.3 Å². The van der Waals surface area contributed by atoms with Gasteiger partial charge in [-0.2, -0.15) is 0 Å². The predicted octanol–water partition coefficient (Wildman–Crippen LogP) is 5.00. The van der Waals surface area contributed by atoms with Crippen LogP contribution in [0.1, 0.15) is 21.9 Å². The number of carbonyl (C=O) groups excluding carboxylic acids is 1. The molecule has 4 aromatic rings. The Morgan fingerprint density at radius 2 is 1.87 bits per heavy atom. The summed E-state index contributed by atoms with van der Waals surface area (Å²) in [5, 5.41) is 14.3. The topological polar surface area (TPSA) is 80.9 Å². The maximum absolute atomic E-state index is 12.7. The number of aromatic hydroxyl groups is 1. The van der Waals surface area contributed by atoms with Crippen molar-refractivity contribution in [3.05, 3.63) is 83.8 Å². The van der Waals surface area contributed by atoms with Gasteiger partial charge in [-0.1, -0.05) is 18.2 Å². The lowest BCUT2D eigenvalue weighted by Gasteiger charge is -2.09. The van der Waals surface area contributed by atoms with Gasteiger partial charge in [-0.3, -0.25) is 4.79 Å².